The number of pyridine rings is 1. The lowest BCUT2D eigenvalue weighted by Gasteiger charge is -2.21. The summed E-state index contributed by atoms with van der Waals surface area (Å²) in [6.07, 6.45) is 5.48. The first-order valence-electron chi connectivity index (χ1n) is 7.04. The number of carbonyl (C=O) groups is 1. The highest BCUT2D eigenvalue weighted by Gasteiger charge is 2.23. The molecule has 0 fully saturated rings. The largest absolute Gasteiger partial charge is 0.339 e. The van der Waals surface area contributed by atoms with E-state index in [4.69, 9.17) is 11.6 Å². The molecule has 0 aliphatic carbocycles. The average molecular weight is 323 g/mol. The summed E-state index contributed by atoms with van der Waals surface area (Å²) in [7, 11) is 0. The van der Waals surface area contributed by atoms with Crippen molar-refractivity contribution in [3.63, 3.8) is 0 Å². The Hall–Kier alpha value is -1.26. The first-order chi connectivity index (χ1) is 10.0. The molecule has 1 aliphatic rings. The molecule has 1 aliphatic heterocycles. The second-order valence-corrected chi connectivity index (χ2v) is 6.53. The third-order valence-electron chi connectivity index (χ3n) is 3.45. The van der Waals surface area contributed by atoms with Crippen molar-refractivity contribution in [1.29, 1.82) is 0 Å². The van der Waals surface area contributed by atoms with Crippen LogP contribution >= 0.6 is 23.4 Å². The van der Waals surface area contributed by atoms with Crippen LogP contribution in [0.2, 0.25) is 5.15 Å². The summed E-state index contributed by atoms with van der Waals surface area (Å²) in [6, 6.07) is 3.43. The molecule has 0 amide bonds. The molecule has 1 aromatic rings. The van der Waals surface area contributed by atoms with Crippen LogP contribution in [0.25, 0.3) is 0 Å². The van der Waals surface area contributed by atoms with Crippen molar-refractivity contribution in [3.05, 3.63) is 50.8 Å². The van der Waals surface area contributed by atoms with Crippen molar-refractivity contribution in [2.75, 3.05) is 6.54 Å². The number of halogens is 1. The van der Waals surface area contributed by atoms with E-state index in [0.717, 1.165) is 24.4 Å². The summed E-state index contributed by atoms with van der Waals surface area (Å²) >= 11 is 7.63. The topological polar surface area (TPSA) is 33.2 Å². The normalized spacial score (nSPS) is 17.0. The summed E-state index contributed by atoms with van der Waals surface area (Å²) in [5.41, 5.74) is 1.68. The van der Waals surface area contributed by atoms with Crippen molar-refractivity contribution >= 4 is 29.1 Å². The Labute approximate surface area is 135 Å². The molecule has 0 saturated carbocycles. The van der Waals surface area contributed by atoms with Gasteiger partial charge in [-0.3, -0.25) is 4.79 Å². The molecule has 2 heterocycles. The monoisotopic (exact) mass is 322 g/mol. The van der Waals surface area contributed by atoms with Crippen LogP contribution in [0, 0.1) is 0 Å². The quantitative estimate of drug-likeness (QED) is 0.440. The standard InChI is InChI=1S/C16H19ClN2OS/c1-4-5-9-19-11(2)12(3)21-15(19)10-14(20)13-7-6-8-18-16(13)17/h6-8,10H,4-5,9H2,1-3H3. The van der Waals surface area contributed by atoms with Gasteiger partial charge in [0, 0.05) is 29.4 Å². The van der Waals surface area contributed by atoms with E-state index in [1.165, 1.54) is 10.6 Å². The van der Waals surface area contributed by atoms with Gasteiger partial charge in [0.1, 0.15) is 5.15 Å². The number of carbonyl (C=O) groups excluding carboxylic acids is 1. The second-order valence-electron chi connectivity index (χ2n) is 4.94. The van der Waals surface area contributed by atoms with Gasteiger partial charge in [0.05, 0.1) is 10.6 Å². The maximum atomic E-state index is 12.4. The lowest BCUT2D eigenvalue weighted by molar-refractivity contribution is 0.104. The number of hydrogen-bond acceptors (Lipinski definition) is 4. The minimum absolute atomic E-state index is 0.0976. The number of hydrogen-bond donors (Lipinski definition) is 0. The van der Waals surface area contributed by atoms with Crippen LogP contribution < -0.4 is 0 Å². The average Bonchev–Trinajstić information content (AvgIpc) is 2.72. The predicted molar refractivity (Wildman–Crippen MR) is 89.2 cm³/mol. The van der Waals surface area contributed by atoms with Crippen molar-refractivity contribution in [2.45, 2.75) is 33.6 Å². The van der Waals surface area contributed by atoms with E-state index in [1.54, 1.807) is 36.2 Å². The Balaban J connectivity index is 2.24. The second kappa shape index (κ2) is 7.14. The van der Waals surface area contributed by atoms with Gasteiger partial charge in [0.2, 0.25) is 0 Å². The van der Waals surface area contributed by atoms with E-state index in [1.807, 2.05) is 0 Å². The van der Waals surface area contributed by atoms with Crippen LogP contribution in [0.5, 0.6) is 0 Å². The number of allylic oxidation sites excluding steroid dienone is 3. The minimum Gasteiger partial charge on any atom is -0.339 e. The molecule has 0 saturated heterocycles. The minimum atomic E-state index is -0.0976. The van der Waals surface area contributed by atoms with E-state index < -0.39 is 0 Å². The Morgan fingerprint density at radius 2 is 2.24 bits per heavy atom. The lowest BCUT2D eigenvalue weighted by Crippen LogP contribution is -2.18. The Bertz CT molecular complexity index is 610. The predicted octanol–water partition coefficient (Wildman–Crippen LogP) is 4.86. The Morgan fingerprint density at radius 3 is 2.90 bits per heavy atom. The van der Waals surface area contributed by atoms with Crippen LogP contribution in [0.4, 0.5) is 0 Å². The van der Waals surface area contributed by atoms with E-state index in [-0.39, 0.29) is 10.9 Å². The van der Waals surface area contributed by atoms with E-state index in [9.17, 15) is 4.79 Å². The van der Waals surface area contributed by atoms with Gasteiger partial charge in [-0.2, -0.15) is 0 Å². The zero-order valence-electron chi connectivity index (χ0n) is 12.5. The molecule has 1 aromatic heterocycles. The molecule has 0 radical (unpaired) electrons. The Kier molecular flexibility index (Phi) is 5.48. The number of thioether (sulfide) groups is 1. The highest BCUT2D eigenvalue weighted by Crippen LogP contribution is 2.40. The molecule has 21 heavy (non-hydrogen) atoms. The van der Waals surface area contributed by atoms with Crippen molar-refractivity contribution in [1.82, 2.24) is 9.88 Å². The molecule has 112 valence electrons. The fourth-order valence-corrected chi connectivity index (χ4v) is 3.39. The van der Waals surface area contributed by atoms with Crippen LogP contribution in [0.1, 0.15) is 44.0 Å². The molecule has 2 rings (SSSR count). The number of aromatic nitrogens is 1. The SMILES string of the molecule is CCCCN1C(=CC(=O)c2cccnc2Cl)SC(C)=C1C. The zero-order chi connectivity index (χ0) is 15.4. The molecule has 5 heteroatoms. The highest BCUT2D eigenvalue weighted by atomic mass is 35.5. The van der Waals surface area contributed by atoms with Gasteiger partial charge in [-0.05, 0) is 32.4 Å². The zero-order valence-corrected chi connectivity index (χ0v) is 14.1. The van der Waals surface area contributed by atoms with Crippen molar-refractivity contribution < 1.29 is 4.79 Å². The molecule has 0 N–H and O–H groups in total. The summed E-state index contributed by atoms with van der Waals surface area (Å²) < 4.78 is 0. The van der Waals surface area contributed by atoms with Gasteiger partial charge in [-0.25, -0.2) is 4.98 Å². The first kappa shape index (κ1) is 16.1. The molecular formula is C16H19ClN2OS. The number of ketones is 1. The maximum absolute atomic E-state index is 12.4. The van der Waals surface area contributed by atoms with Crippen LogP contribution in [-0.4, -0.2) is 22.2 Å². The van der Waals surface area contributed by atoms with E-state index in [0.29, 0.717) is 5.56 Å². The summed E-state index contributed by atoms with van der Waals surface area (Å²) in [4.78, 5) is 19.8. The third-order valence-corrected chi connectivity index (χ3v) is 4.90. The molecular weight excluding hydrogens is 304 g/mol. The van der Waals surface area contributed by atoms with Gasteiger partial charge in [0.25, 0.3) is 0 Å². The van der Waals surface area contributed by atoms with Gasteiger partial charge < -0.3 is 4.90 Å². The van der Waals surface area contributed by atoms with Gasteiger partial charge in [0.15, 0.2) is 5.78 Å². The van der Waals surface area contributed by atoms with Crippen molar-refractivity contribution in [3.8, 4) is 0 Å². The van der Waals surface area contributed by atoms with Crippen molar-refractivity contribution in [2.24, 2.45) is 0 Å². The number of rotatable bonds is 5. The Morgan fingerprint density at radius 1 is 1.48 bits per heavy atom. The van der Waals surface area contributed by atoms with E-state index >= 15 is 0 Å². The molecule has 0 spiro atoms. The smallest absolute Gasteiger partial charge is 0.191 e. The van der Waals surface area contributed by atoms with Crippen LogP contribution in [-0.2, 0) is 0 Å². The summed E-state index contributed by atoms with van der Waals surface area (Å²) in [6.45, 7) is 7.29. The fraction of sp³-hybridized carbons (Fsp3) is 0.375. The van der Waals surface area contributed by atoms with E-state index in [2.05, 4.69) is 30.7 Å². The fourth-order valence-electron chi connectivity index (χ4n) is 2.10. The van der Waals surface area contributed by atoms with Gasteiger partial charge >= 0.3 is 0 Å². The molecule has 0 aromatic carbocycles. The molecule has 0 bridgehead atoms. The molecule has 0 unspecified atom stereocenters. The van der Waals surface area contributed by atoms with Gasteiger partial charge in [-0.1, -0.05) is 36.7 Å². The number of unbranched alkanes of at least 4 members (excludes halogenated alkanes) is 1. The molecule has 0 atom stereocenters. The first-order valence-corrected chi connectivity index (χ1v) is 8.23. The lowest BCUT2D eigenvalue weighted by atomic mass is 10.2. The highest BCUT2D eigenvalue weighted by molar-refractivity contribution is 8.06. The van der Waals surface area contributed by atoms with Gasteiger partial charge in [-0.15, -0.1) is 0 Å². The molecule has 3 nitrogen and oxygen atoms in total. The van der Waals surface area contributed by atoms with Crippen LogP contribution in [0.15, 0.2) is 40.0 Å². The number of nitrogens with zero attached hydrogens (tertiary/aromatic N) is 2. The third kappa shape index (κ3) is 3.69. The summed E-state index contributed by atoms with van der Waals surface area (Å²) in [5, 5.41) is 1.23. The summed E-state index contributed by atoms with van der Waals surface area (Å²) in [5.74, 6) is -0.0976. The maximum Gasteiger partial charge on any atom is 0.191 e. The van der Waals surface area contributed by atoms with Crippen LogP contribution in [0.3, 0.4) is 0 Å².